The molecule has 0 saturated carbocycles. The summed E-state index contributed by atoms with van der Waals surface area (Å²) < 4.78 is 36.8. The van der Waals surface area contributed by atoms with Crippen LogP contribution in [0.1, 0.15) is 18.9 Å². The molecular weight excluding hydrogens is 323 g/mol. The highest BCUT2D eigenvalue weighted by atomic mass is 19.4. The molecule has 1 aromatic carbocycles. The molecule has 0 aliphatic carbocycles. The molecule has 8 heteroatoms. The normalized spacial score (nSPS) is 15.3. The molecule has 1 saturated heterocycles. The Labute approximate surface area is 138 Å². The molecular formula is C16H20F3N3O2. The molecule has 0 aromatic heterocycles. The zero-order valence-corrected chi connectivity index (χ0v) is 13.4. The first-order valence-corrected chi connectivity index (χ1v) is 7.72. The highest BCUT2D eigenvalue weighted by molar-refractivity contribution is 5.89. The van der Waals surface area contributed by atoms with Crippen LogP contribution in [0.3, 0.4) is 0 Å². The molecule has 1 aromatic rings. The molecule has 1 fully saturated rings. The first-order valence-electron chi connectivity index (χ1n) is 7.72. The van der Waals surface area contributed by atoms with Crippen LogP contribution in [-0.2, 0) is 11.2 Å². The Morgan fingerprint density at radius 3 is 2.33 bits per heavy atom. The Bertz CT molecular complexity index is 596. The molecule has 24 heavy (non-hydrogen) atoms. The van der Waals surface area contributed by atoms with Crippen molar-refractivity contribution in [2.45, 2.75) is 25.9 Å². The molecule has 0 spiro atoms. The van der Waals surface area contributed by atoms with Crippen LogP contribution < -0.4 is 5.32 Å². The summed E-state index contributed by atoms with van der Waals surface area (Å²) in [5, 5.41) is 2.70. The van der Waals surface area contributed by atoms with Crippen molar-refractivity contribution >= 4 is 17.6 Å². The van der Waals surface area contributed by atoms with E-state index in [0.29, 0.717) is 37.4 Å². The molecule has 5 nitrogen and oxygen atoms in total. The summed E-state index contributed by atoms with van der Waals surface area (Å²) in [5.74, 6) is -0.0209. The Kier molecular flexibility index (Phi) is 5.69. The number of nitrogens with one attached hydrogen (secondary N) is 1. The van der Waals surface area contributed by atoms with E-state index >= 15 is 0 Å². The van der Waals surface area contributed by atoms with Crippen molar-refractivity contribution in [2.24, 2.45) is 0 Å². The Morgan fingerprint density at radius 2 is 1.75 bits per heavy atom. The SMILES string of the molecule is CC(=O)N1CCN(C(=O)Nc2cccc(CCC(F)(F)F)c2)CC1. The van der Waals surface area contributed by atoms with Gasteiger partial charge in [-0.05, 0) is 24.1 Å². The van der Waals surface area contributed by atoms with E-state index in [1.54, 1.807) is 34.1 Å². The summed E-state index contributed by atoms with van der Waals surface area (Å²) in [6.45, 7) is 3.31. The third kappa shape index (κ3) is 5.43. The second-order valence-electron chi connectivity index (χ2n) is 5.74. The van der Waals surface area contributed by atoms with Crippen molar-refractivity contribution in [1.29, 1.82) is 0 Å². The van der Waals surface area contributed by atoms with Gasteiger partial charge < -0.3 is 15.1 Å². The van der Waals surface area contributed by atoms with Crippen LogP contribution in [0.4, 0.5) is 23.7 Å². The van der Waals surface area contributed by atoms with E-state index in [1.807, 2.05) is 0 Å². The molecule has 0 bridgehead atoms. The molecule has 132 valence electrons. The van der Waals surface area contributed by atoms with Crippen LogP contribution in [-0.4, -0.2) is 54.1 Å². The second kappa shape index (κ2) is 7.55. The lowest BCUT2D eigenvalue weighted by molar-refractivity contribution is -0.134. The van der Waals surface area contributed by atoms with Crippen molar-refractivity contribution in [2.75, 3.05) is 31.5 Å². The van der Waals surface area contributed by atoms with Gasteiger partial charge in [-0.25, -0.2) is 4.79 Å². The van der Waals surface area contributed by atoms with E-state index in [1.165, 1.54) is 6.92 Å². The summed E-state index contributed by atoms with van der Waals surface area (Å²) in [6, 6.07) is 6.10. The van der Waals surface area contributed by atoms with Gasteiger partial charge in [-0.2, -0.15) is 13.2 Å². The lowest BCUT2D eigenvalue weighted by Gasteiger charge is -2.34. The summed E-state index contributed by atoms with van der Waals surface area (Å²) in [4.78, 5) is 26.7. The predicted molar refractivity (Wildman–Crippen MR) is 83.7 cm³/mol. The van der Waals surface area contributed by atoms with E-state index in [9.17, 15) is 22.8 Å². The maximum atomic E-state index is 12.3. The number of hydrogen-bond acceptors (Lipinski definition) is 2. The Balaban J connectivity index is 1.89. The largest absolute Gasteiger partial charge is 0.389 e. The smallest absolute Gasteiger partial charge is 0.339 e. The number of amides is 3. The highest BCUT2D eigenvalue weighted by Crippen LogP contribution is 2.23. The minimum Gasteiger partial charge on any atom is -0.339 e. The molecule has 1 heterocycles. The molecule has 0 atom stereocenters. The summed E-state index contributed by atoms with van der Waals surface area (Å²) in [5.41, 5.74) is 0.986. The van der Waals surface area contributed by atoms with Gasteiger partial charge in [-0.3, -0.25) is 4.79 Å². The molecule has 2 rings (SSSR count). The van der Waals surface area contributed by atoms with Gasteiger partial charge in [0.15, 0.2) is 0 Å². The second-order valence-corrected chi connectivity index (χ2v) is 5.74. The summed E-state index contributed by atoms with van der Waals surface area (Å²) in [7, 11) is 0. The zero-order chi connectivity index (χ0) is 17.7. The summed E-state index contributed by atoms with van der Waals surface area (Å²) in [6.07, 6.45) is -5.21. The quantitative estimate of drug-likeness (QED) is 0.917. The van der Waals surface area contributed by atoms with Gasteiger partial charge in [0.25, 0.3) is 0 Å². The van der Waals surface area contributed by atoms with E-state index in [2.05, 4.69) is 5.32 Å². The predicted octanol–water partition coefficient (Wildman–Crippen LogP) is 2.88. The van der Waals surface area contributed by atoms with Gasteiger partial charge in [0.2, 0.25) is 5.91 Å². The van der Waals surface area contributed by atoms with Gasteiger partial charge >= 0.3 is 12.2 Å². The Morgan fingerprint density at radius 1 is 1.12 bits per heavy atom. The van der Waals surface area contributed by atoms with E-state index in [0.717, 1.165) is 0 Å². The fraction of sp³-hybridized carbons (Fsp3) is 0.500. The zero-order valence-electron chi connectivity index (χ0n) is 13.4. The van der Waals surface area contributed by atoms with Crippen LogP contribution in [0.2, 0.25) is 0 Å². The topological polar surface area (TPSA) is 52.7 Å². The summed E-state index contributed by atoms with van der Waals surface area (Å²) >= 11 is 0. The van der Waals surface area contributed by atoms with Gasteiger partial charge in [-0.1, -0.05) is 12.1 Å². The van der Waals surface area contributed by atoms with Crippen LogP contribution in [0.25, 0.3) is 0 Å². The minimum atomic E-state index is -4.20. The van der Waals surface area contributed by atoms with Crippen molar-refractivity contribution in [3.05, 3.63) is 29.8 Å². The first-order chi connectivity index (χ1) is 11.2. The monoisotopic (exact) mass is 343 g/mol. The molecule has 0 radical (unpaired) electrons. The highest BCUT2D eigenvalue weighted by Gasteiger charge is 2.26. The number of rotatable bonds is 3. The fourth-order valence-electron chi connectivity index (χ4n) is 2.52. The van der Waals surface area contributed by atoms with Gasteiger partial charge in [0.1, 0.15) is 0 Å². The van der Waals surface area contributed by atoms with Crippen LogP contribution >= 0.6 is 0 Å². The van der Waals surface area contributed by atoms with Gasteiger partial charge in [0, 0.05) is 45.2 Å². The number of urea groups is 1. The standard InChI is InChI=1S/C16H20F3N3O2/c1-12(23)21-7-9-22(10-8-21)15(24)20-14-4-2-3-13(11-14)5-6-16(17,18)19/h2-4,11H,5-10H2,1H3,(H,20,24). The fourth-order valence-corrected chi connectivity index (χ4v) is 2.52. The third-order valence-corrected chi connectivity index (χ3v) is 3.89. The van der Waals surface area contributed by atoms with Crippen molar-refractivity contribution < 1.29 is 22.8 Å². The molecule has 3 amide bonds. The maximum absolute atomic E-state index is 12.3. The number of carbonyl (C=O) groups is 2. The average Bonchev–Trinajstić information content (AvgIpc) is 2.53. The number of benzene rings is 1. The van der Waals surface area contributed by atoms with Crippen LogP contribution in [0.15, 0.2) is 24.3 Å². The molecule has 1 aliphatic heterocycles. The van der Waals surface area contributed by atoms with Crippen LogP contribution in [0, 0.1) is 0 Å². The molecule has 0 unspecified atom stereocenters. The van der Waals surface area contributed by atoms with Gasteiger partial charge in [0.05, 0.1) is 0 Å². The number of nitrogens with zero attached hydrogens (tertiary/aromatic N) is 2. The van der Waals surface area contributed by atoms with Crippen molar-refractivity contribution in [3.63, 3.8) is 0 Å². The molecule has 1 N–H and O–H groups in total. The minimum absolute atomic E-state index is 0.0209. The first kappa shape index (κ1) is 18.1. The number of carbonyl (C=O) groups excluding carboxylic acids is 2. The average molecular weight is 343 g/mol. The number of piperazine rings is 1. The number of alkyl halides is 3. The third-order valence-electron chi connectivity index (χ3n) is 3.89. The van der Waals surface area contributed by atoms with Crippen LogP contribution in [0.5, 0.6) is 0 Å². The number of hydrogen-bond donors (Lipinski definition) is 1. The maximum Gasteiger partial charge on any atom is 0.389 e. The van der Waals surface area contributed by atoms with Gasteiger partial charge in [-0.15, -0.1) is 0 Å². The lowest BCUT2D eigenvalue weighted by atomic mass is 10.1. The van der Waals surface area contributed by atoms with Crippen molar-refractivity contribution in [3.8, 4) is 0 Å². The Hall–Kier alpha value is -2.25. The lowest BCUT2D eigenvalue weighted by Crippen LogP contribution is -2.51. The number of halogens is 3. The molecule has 1 aliphatic rings. The van der Waals surface area contributed by atoms with E-state index < -0.39 is 12.6 Å². The van der Waals surface area contributed by atoms with E-state index in [-0.39, 0.29) is 18.4 Å². The van der Waals surface area contributed by atoms with Crippen molar-refractivity contribution in [1.82, 2.24) is 9.80 Å². The number of aryl methyl sites for hydroxylation is 1. The number of anilines is 1. The van der Waals surface area contributed by atoms with E-state index in [4.69, 9.17) is 0 Å².